The molecule has 0 aromatic rings. The molecule has 132 valence electrons. The Morgan fingerprint density at radius 2 is 1.64 bits per heavy atom. The average Bonchev–Trinajstić information content (AvgIpc) is 2.51. The van der Waals surface area contributed by atoms with Gasteiger partial charge in [-0.25, -0.2) is 4.79 Å². The first-order valence-electron chi connectivity index (χ1n) is 7.56. The van der Waals surface area contributed by atoms with E-state index in [0.29, 0.717) is 0 Å². The summed E-state index contributed by atoms with van der Waals surface area (Å²) < 4.78 is 5.00. The molecule has 1 amide bonds. The number of aliphatic hydroxyl groups is 5. The molecule has 5 N–H and O–H groups in total. The van der Waals surface area contributed by atoms with Crippen molar-refractivity contribution < 1.29 is 35.1 Å². The first-order chi connectivity index (χ1) is 10.3. The lowest BCUT2D eigenvalue weighted by atomic mass is 10.0. The maximum Gasteiger partial charge on any atom is 0.409 e. The molecule has 0 aromatic carbocycles. The zero-order valence-electron chi connectivity index (χ0n) is 13.3. The highest BCUT2D eigenvalue weighted by Gasteiger charge is 2.31. The van der Waals surface area contributed by atoms with E-state index in [1.807, 2.05) is 0 Å². The van der Waals surface area contributed by atoms with Crippen LogP contribution in [0.15, 0.2) is 0 Å². The summed E-state index contributed by atoms with van der Waals surface area (Å²) in [4.78, 5) is 12.7. The van der Waals surface area contributed by atoms with Gasteiger partial charge in [-0.2, -0.15) is 0 Å². The Morgan fingerprint density at radius 3 is 2.18 bits per heavy atom. The molecule has 0 rings (SSSR count). The summed E-state index contributed by atoms with van der Waals surface area (Å²) in [5.41, 5.74) is 0. The smallest absolute Gasteiger partial charge is 0.409 e. The monoisotopic (exact) mass is 323 g/mol. The third-order valence-corrected chi connectivity index (χ3v) is 3.32. The summed E-state index contributed by atoms with van der Waals surface area (Å²) >= 11 is 0. The summed E-state index contributed by atoms with van der Waals surface area (Å²) in [7, 11) is 1.39. The van der Waals surface area contributed by atoms with Gasteiger partial charge in [0.15, 0.2) is 0 Å². The van der Waals surface area contributed by atoms with Gasteiger partial charge in [-0.3, -0.25) is 0 Å². The highest BCUT2D eigenvalue weighted by Crippen LogP contribution is 2.07. The number of unbranched alkanes of at least 4 members (excludes halogenated alkanes) is 3. The van der Waals surface area contributed by atoms with Gasteiger partial charge in [0.2, 0.25) is 0 Å². The molecule has 0 spiro atoms. The molecule has 0 saturated heterocycles. The van der Waals surface area contributed by atoms with Gasteiger partial charge in [0, 0.05) is 7.05 Å². The average molecular weight is 323 g/mol. The molecule has 0 fully saturated rings. The second-order valence-electron chi connectivity index (χ2n) is 5.35. The van der Waals surface area contributed by atoms with Crippen LogP contribution in [0, 0.1) is 0 Å². The Bertz CT molecular complexity index is 303. The molecule has 22 heavy (non-hydrogen) atoms. The fourth-order valence-corrected chi connectivity index (χ4v) is 1.82. The van der Waals surface area contributed by atoms with E-state index in [1.165, 1.54) is 7.05 Å². The molecule has 0 aromatic heterocycles. The van der Waals surface area contributed by atoms with E-state index in [0.717, 1.165) is 30.6 Å². The lowest BCUT2D eigenvalue weighted by Crippen LogP contribution is -2.50. The summed E-state index contributed by atoms with van der Waals surface area (Å²) in [5.74, 6) is 0. The Morgan fingerprint density at radius 1 is 1.05 bits per heavy atom. The van der Waals surface area contributed by atoms with Crippen LogP contribution in [-0.4, -0.2) is 87.7 Å². The number of carbonyl (C=O) groups is 1. The van der Waals surface area contributed by atoms with Gasteiger partial charge in [-0.1, -0.05) is 26.2 Å². The van der Waals surface area contributed by atoms with Crippen LogP contribution >= 0.6 is 0 Å². The lowest BCUT2D eigenvalue weighted by Gasteiger charge is -2.28. The number of likely N-dealkylation sites (N-methyl/N-ethyl adjacent to an activating group) is 1. The number of nitrogens with zero attached hydrogens (tertiary/aromatic N) is 1. The van der Waals surface area contributed by atoms with Crippen LogP contribution in [0.5, 0.6) is 0 Å². The third-order valence-electron chi connectivity index (χ3n) is 3.32. The second kappa shape index (κ2) is 11.6. The quantitative estimate of drug-likeness (QED) is 0.310. The standard InChI is InChI=1S/C14H29NO7/c1-3-4-5-6-7-22-14(21)15(2)8-10(17)12(19)13(20)11(18)9-16/h10-13,16-20H,3-9H2,1-2H3. The predicted octanol–water partition coefficient (Wildman–Crippen LogP) is -0.929. The lowest BCUT2D eigenvalue weighted by molar-refractivity contribution is -0.117. The molecule has 4 atom stereocenters. The van der Waals surface area contributed by atoms with Gasteiger partial charge >= 0.3 is 6.09 Å². The topological polar surface area (TPSA) is 131 Å². The van der Waals surface area contributed by atoms with Gasteiger partial charge in [0.05, 0.1) is 19.8 Å². The SMILES string of the molecule is CCCCCCOC(=O)N(C)CC(O)C(O)C(O)C(O)CO. The van der Waals surface area contributed by atoms with E-state index in [2.05, 4.69) is 6.92 Å². The second-order valence-corrected chi connectivity index (χ2v) is 5.35. The fourth-order valence-electron chi connectivity index (χ4n) is 1.82. The van der Waals surface area contributed by atoms with E-state index in [-0.39, 0.29) is 13.2 Å². The van der Waals surface area contributed by atoms with Crippen molar-refractivity contribution in [2.24, 2.45) is 0 Å². The minimum atomic E-state index is -1.71. The van der Waals surface area contributed by atoms with Crippen molar-refractivity contribution in [3.05, 3.63) is 0 Å². The van der Waals surface area contributed by atoms with Crippen LogP contribution in [-0.2, 0) is 4.74 Å². The highest BCUT2D eigenvalue weighted by molar-refractivity contribution is 5.67. The van der Waals surface area contributed by atoms with Crippen LogP contribution < -0.4 is 0 Å². The Kier molecular flexibility index (Phi) is 11.1. The Labute approximate surface area is 130 Å². The molecule has 0 bridgehead atoms. The number of hydrogen-bond acceptors (Lipinski definition) is 7. The van der Waals surface area contributed by atoms with Gasteiger partial charge in [0.1, 0.15) is 24.4 Å². The van der Waals surface area contributed by atoms with Crippen molar-refractivity contribution in [2.45, 2.75) is 57.0 Å². The summed E-state index contributed by atoms with van der Waals surface area (Å²) in [6, 6.07) is 0. The Balaban J connectivity index is 4.11. The Hall–Kier alpha value is -0.930. The van der Waals surface area contributed by atoms with E-state index in [4.69, 9.17) is 9.84 Å². The molecule has 0 saturated carbocycles. The van der Waals surface area contributed by atoms with Crippen molar-refractivity contribution in [1.82, 2.24) is 4.90 Å². The molecule has 0 radical (unpaired) electrons. The normalized spacial score (nSPS) is 16.7. The molecule has 8 nitrogen and oxygen atoms in total. The molecule has 0 aliphatic heterocycles. The van der Waals surface area contributed by atoms with Gasteiger partial charge < -0.3 is 35.2 Å². The van der Waals surface area contributed by atoms with Crippen LogP contribution in [0.1, 0.15) is 32.6 Å². The number of carbonyl (C=O) groups excluding carboxylic acids is 1. The minimum Gasteiger partial charge on any atom is -0.449 e. The van der Waals surface area contributed by atoms with Crippen molar-refractivity contribution >= 4 is 6.09 Å². The van der Waals surface area contributed by atoms with Crippen molar-refractivity contribution in [3.63, 3.8) is 0 Å². The van der Waals surface area contributed by atoms with Crippen molar-refractivity contribution in [2.75, 3.05) is 26.8 Å². The fraction of sp³-hybridized carbons (Fsp3) is 0.929. The van der Waals surface area contributed by atoms with Gasteiger partial charge in [0.25, 0.3) is 0 Å². The zero-order chi connectivity index (χ0) is 17.1. The number of ether oxygens (including phenoxy) is 1. The minimum absolute atomic E-state index is 0.274. The number of rotatable bonds is 11. The molecule has 0 aliphatic rings. The number of amides is 1. The maximum absolute atomic E-state index is 11.7. The number of aliphatic hydroxyl groups excluding tert-OH is 5. The molecule has 0 aliphatic carbocycles. The van der Waals surface area contributed by atoms with Crippen molar-refractivity contribution in [3.8, 4) is 0 Å². The largest absolute Gasteiger partial charge is 0.449 e. The van der Waals surface area contributed by atoms with E-state index in [1.54, 1.807) is 0 Å². The van der Waals surface area contributed by atoms with Crippen LogP contribution in [0.2, 0.25) is 0 Å². The summed E-state index contributed by atoms with van der Waals surface area (Å²) in [6.07, 6.45) is -3.20. The molecular weight excluding hydrogens is 294 g/mol. The molecule has 8 heteroatoms. The summed E-state index contributed by atoms with van der Waals surface area (Å²) in [5, 5.41) is 46.7. The van der Waals surface area contributed by atoms with E-state index in [9.17, 15) is 25.2 Å². The van der Waals surface area contributed by atoms with Crippen molar-refractivity contribution in [1.29, 1.82) is 0 Å². The van der Waals surface area contributed by atoms with Crippen LogP contribution in [0.4, 0.5) is 4.79 Å². The predicted molar refractivity (Wildman–Crippen MR) is 79.2 cm³/mol. The molecule has 0 heterocycles. The van der Waals surface area contributed by atoms with E-state index >= 15 is 0 Å². The first-order valence-corrected chi connectivity index (χ1v) is 7.56. The summed E-state index contributed by atoms with van der Waals surface area (Å²) in [6.45, 7) is 1.34. The van der Waals surface area contributed by atoms with Gasteiger partial charge in [-0.05, 0) is 6.42 Å². The maximum atomic E-state index is 11.7. The third kappa shape index (κ3) is 7.90. The molecular formula is C14H29NO7. The van der Waals surface area contributed by atoms with Crippen LogP contribution in [0.3, 0.4) is 0 Å². The van der Waals surface area contributed by atoms with Gasteiger partial charge in [-0.15, -0.1) is 0 Å². The number of hydrogen-bond donors (Lipinski definition) is 5. The first kappa shape index (κ1) is 21.1. The molecule has 4 unspecified atom stereocenters. The van der Waals surface area contributed by atoms with Crippen LogP contribution in [0.25, 0.3) is 0 Å². The zero-order valence-corrected chi connectivity index (χ0v) is 13.3. The van der Waals surface area contributed by atoms with E-state index < -0.39 is 37.1 Å². The highest BCUT2D eigenvalue weighted by atomic mass is 16.6.